The second-order valence-corrected chi connectivity index (χ2v) is 3.81. The minimum absolute atomic E-state index is 0.327. The minimum Gasteiger partial charge on any atom is -0.481 e. The Bertz CT molecular complexity index is 426. The third-order valence-electron chi connectivity index (χ3n) is 2.30. The van der Waals surface area contributed by atoms with Crippen LogP contribution >= 0.6 is 0 Å². The van der Waals surface area contributed by atoms with Gasteiger partial charge in [0.1, 0.15) is 0 Å². The van der Waals surface area contributed by atoms with Gasteiger partial charge in [0.15, 0.2) is 0 Å². The van der Waals surface area contributed by atoms with Crippen LogP contribution in [-0.4, -0.2) is 30.1 Å². The van der Waals surface area contributed by atoms with E-state index in [1.54, 1.807) is 30.3 Å². The maximum Gasteiger partial charge on any atom is 0.315 e. The first kappa shape index (κ1) is 14.9. The Morgan fingerprint density at radius 3 is 2.37 bits per heavy atom. The van der Waals surface area contributed by atoms with Crippen molar-refractivity contribution in [2.24, 2.45) is 0 Å². The molecule has 1 aromatic carbocycles. The Balaban J connectivity index is 2.65. The zero-order chi connectivity index (χ0) is 14.3. The molecule has 5 nitrogen and oxygen atoms in total. The van der Waals surface area contributed by atoms with Crippen molar-refractivity contribution in [1.82, 2.24) is 10.6 Å². The molecule has 0 fully saturated rings. The Labute approximate surface area is 108 Å². The van der Waals surface area contributed by atoms with Gasteiger partial charge in [0.05, 0.1) is 19.0 Å². The van der Waals surface area contributed by atoms with Gasteiger partial charge in [-0.15, -0.1) is 0 Å². The Hall–Kier alpha value is -2.18. The van der Waals surface area contributed by atoms with Gasteiger partial charge >= 0.3 is 12.0 Å². The molecule has 1 unspecified atom stereocenters. The summed E-state index contributed by atoms with van der Waals surface area (Å²) in [5, 5.41) is 13.1. The number of benzene rings is 1. The average Bonchev–Trinajstić information content (AvgIpc) is 2.36. The molecular weight excluding hydrogens is 258 g/mol. The van der Waals surface area contributed by atoms with Crippen molar-refractivity contribution in [2.45, 2.75) is 18.9 Å². The third kappa shape index (κ3) is 5.80. The fraction of sp³-hybridized carbons (Fsp3) is 0.333. The molecule has 3 N–H and O–H groups in total. The maximum absolute atomic E-state index is 11.9. The fourth-order valence-electron chi connectivity index (χ4n) is 1.49. The van der Waals surface area contributed by atoms with Crippen molar-refractivity contribution in [3.8, 4) is 0 Å². The van der Waals surface area contributed by atoms with E-state index >= 15 is 0 Å². The number of carboxylic acid groups (broad SMARTS) is 1. The summed E-state index contributed by atoms with van der Waals surface area (Å²) >= 11 is 0. The molecule has 0 heterocycles. The van der Waals surface area contributed by atoms with Crippen LogP contribution in [0, 0.1) is 0 Å². The fourth-order valence-corrected chi connectivity index (χ4v) is 1.49. The molecule has 0 aliphatic carbocycles. The van der Waals surface area contributed by atoms with Crippen LogP contribution in [0.15, 0.2) is 30.3 Å². The highest BCUT2D eigenvalue weighted by atomic mass is 19.3. The summed E-state index contributed by atoms with van der Waals surface area (Å²) in [4.78, 5) is 22.1. The normalized spacial score (nSPS) is 11.9. The van der Waals surface area contributed by atoms with Crippen molar-refractivity contribution in [1.29, 1.82) is 0 Å². The van der Waals surface area contributed by atoms with E-state index in [9.17, 15) is 18.4 Å². The van der Waals surface area contributed by atoms with Crippen LogP contribution in [0.2, 0.25) is 0 Å². The van der Waals surface area contributed by atoms with Gasteiger partial charge < -0.3 is 15.7 Å². The van der Waals surface area contributed by atoms with E-state index in [0.717, 1.165) is 0 Å². The third-order valence-corrected chi connectivity index (χ3v) is 2.30. The molecule has 1 rings (SSSR count). The maximum atomic E-state index is 11.9. The molecule has 7 heteroatoms. The largest absolute Gasteiger partial charge is 0.481 e. The topological polar surface area (TPSA) is 78.4 Å². The molecule has 104 valence electrons. The Morgan fingerprint density at radius 1 is 1.21 bits per heavy atom. The lowest BCUT2D eigenvalue weighted by molar-refractivity contribution is -0.137. The molecule has 0 aliphatic rings. The van der Waals surface area contributed by atoms with Gasteiger partial charge in [0, 0.05) is 0 Å². The van der Waals surface area contributed by atoms with Crippen LogP contribution in [0.1, 0.15) is 18.0 Å². The van der Waals surface area contributed by atoms with Crippen molar-refractivity contribution in [3.63, 3.8) is 0 Å². The number of carbonyl (C=O) groups is 2. The molecule has 0 radical (unpaired) electrons. The van der Waals surface area contributed by atoms with Crippen LogP contribution in [0.25, 0.3) is 0 Å². The molecule has 0 spiro atoms. The van der Waals surface area contributed by atoms with Gasteiger partial charge in [0.2, 0.25) is 0 Å². The van der Waals surface area contributed by atoms with Crippen molar-refractivity contribution in [2.75, 3.05) is 6.54 Å². The Kier molecular flexibility index (Phi) is 5.72. The minimum atomic E-state index is -2.65. The highest BCUT2D eigenvalue weighted by molar-refractivity contribution is 5.76. The zero-order valence-corrected chi connectivity index (χ0v) is 9.98. The number of halogens is 2. The number of urea groups is 1. The molecule has 0 saturated carbocycles. The smallest absolute Gasteiger partial charge is 0.315 e. The van der Waals surface area contributed by atoms with E-state index in [0.29, 0.717) is 5.56 Å². The average molecular weight is 272 g/mol. The summed E-state index contributed by atoms with van der Waals surface area (Å²) < 4.78 is 23.9. The van der Waals surface area contributed by atoms with E-state index in [4.69, 9.17) is 5.11 Å². The van der Waals surface area contributed by atoms with Crippen LogP contribution in [0.3, 0.4) is 0 Å². The van der Waals surface area contributed by atoms with Crippen molar-refractivity contribution in [3.05, 3.63) is 35.9 Å². The van der Waals surface area contributed by atoms with Gasteiger partial charge in [-0.05, 0) is 5.56 Å². The van der Waals surface area contributed by atoms with Gasteiger partial charge in [0.25, 0.3) is 6.43 Å². The number of carboxylic acids is 1. The summed E-state index contributed by atoms with van der Waals surface area (Å²) in [6, 6.07) is 6.86. The number of amides is 2. The van der Waals surface area contributed by atoms with Crippen LogP contribution in [0.4, 0.5) is 13.6 Å². The molecule has 19 heavy (non-hydrogen) atoms. The van der Waals surface area contributed by atoms with Gasteiger partial charge in [-0.1, -0.05) is 30.3 Å². The molecule has 1 atom stereocenters. The molecule has 0 bridgehead atoms. The van der Waals surface area contributed by atoms with Gasteiger partial charge in [-0.2, -0.15) is 0 Å². The van der Waals surface area contributed by atoms with Crippen LogP contribution in [0.5, 0.6) is 0 Å². The molecular formula is C12H14F2N2O3. The first-order valence-corrected chi connectivity index (χ1v) is 5.58. The molecule has 0 saturated heterocycles. The van der Waals surface area contributed by atoms with Crippen LogP contribution < -0.4 is 10.6 Å². The number of alkyl halides is 2. The van der Waals surface area contributed by atoms with Gasteiger partial charge in [-0.25, -0.2) is 13.6 Å². The highest BCUT2D eigenvalue weighted by Crippen LogP contribution is 2.16. The summed E-state index contributed by atoms with van der Waals surface area (Å²) in [5.74, 6) is -1.09. The van der Waals surface area contributed by atoms with E-state index in [-0.39, 0.29) is 6.42 Å². The van der Waals surface area contributed by atoms with Crippen LogP contribution in [-0.2, 0) is 4.79 Å². The lowest BCUT2D eigenvalue weighted by Gasteiger charge is -2.17. The van der Waals surface area contributed by atoms with E-state index < -0.39 is 31.0 Å². The molecule has 1 aromatic rings. The first-order chi connectivity index (χ1) is 8.99. The number of hydrogen-bond acceptors (Lipinski definition) is 2. The number of carbonyl (C=O) groups excluding carboxylic acids is 1. The number of rotatable bonds is 6. The van der Waals surface area contributed by atoms with Gasteiger partial charge in [-0.3, -0.25) is 4.79 Å². The first-order valence-electron chi connectivity index (χ1n) is 5.58. The summed E-state index contributed by atoms with van der Waals surface area (Å²) in [5.41, 5.74) is 0.595. The lowest BCUT2D eigenvalue weighted by atomic mass is 10.0. The molecule has 2 amide bonds. The lowest BCUT2D eigenvalue weighted by Crippen LogP contribution is -2.40. The summed E-state index contributed by atoms with van der Waals surface area (Å²) in [7, 11) is 0. The predicted octanol–water partition coefficient (Wildman–Crippen LogP) is 1.77. The summed E-state index contributed by atoms with van der Waals surface area (Å²) in [6.45, 7) is -0.777. The standard InChI is InChI=1S/C12H14F2N2O3/c13-10(14)7-15-12(19)16-9(6-11(17)18)8-4-2-1-3-5-8/h1-5,9-10H,6-7H2,(H,17,18)(H2,15,16,19). The SMILES string of the molecule is O=C(O)CC(NC(=O)NCC(F)F)c1ccccc1. The van der Waals surface area contributed by atoms with E-state index in [2.05, 4.69) is 5.32 Å². The number of nitrogens with one attached hydrogen (secondary N) is 2. The van der Waals surface area contributed by atoms with Crippen molar-refractivity contribution < 1.29 is 23.5 Å². The van der Waals surface area contributed by atoms with E-state index in [1.807, 2.05) is 5.32 Å². The zero-order valence-electron chi connectivity index (χ0n) is 9.98. The monoisotopic (exact) mass is 272 g/mol. The highest BCUT2D eigenvalue weighted by Gasteiger charge is 2.18. The number of aliphatic carboxylic acids is 1. The summed E-state index contributed by atoms with van der Waals surface area (Å²) in [6.07, 6.45) is -2.98. The molecule has 0 aliphatic heterocycles. The van der Waals surface area contributed by atoms with Crippen molar-refractivity contribution >= 4 is 12.0 Å². The second kappa shape index (κ2) is 7.30. The number of hydrogen-bond donors (Lipinski definition) is 3. The van der Waals surface area contributed by atoms with E-state index in [1.165, 1.54) is 0 Å². The Morgan fingerprint density at radius 2 is 1.84 bits per heavy atom. The molecule has 0 aromatic heterocycles. The second-order valence-electron chi connectivity index (χ2n) is 3.81. The quantitative estimate of drug-likeness (QED) is 0.738. The predicted molar refractivity (Wildman–Crippen MR) is 64.0 cm³/mol.